The number of benzene rings is 1. The molecule has 3 unspecified atom stereocenters. The number of hydrogen-bond donors (Lipinski definition) is 0. The first-order valence-corrected chi connectivity index (χ1v) is 7.53. The van der Waals surface area contributed by atoms with Crippen molar-refractivity contribution in [2.24, 2.45) is 17.8 Å². The fourth-order valence-electron chi connectivity index (χ4n) is 3.69. The number of fused-ring (bicyclic) bond motifs is 1. The Hall–Kier alpha value is -0.690. The third-order valence-electron chi connectivity index (χ3n) is 4.57. The van der Waals surface area contributed by atoms with Gasteiger partial charge in [-0.15, -0.1) is 11.6 Å². The van der Waals surface area contributed by atoms with Gasteiger partial charge < -0.3 is 4.74 Å². The smallest absolute Gasteiger partial charge is 0.123 e. The monoisotopic (exact) mass is 264 g/mol. The van der Waals surface area contributed by atoms with E-state index in [-0.39, 0.29) is 5.38 Å². The maximum atomic E-state index is 6.74. The normalized spacial score (nSPS) is 30.9. The maximum absolute atomic E-state index is 6.74. The zero-order valence-corrected chi connectivity index (χ0v) is 11.9. The van der Waals surface area contributed by atoms with Crippen LogP contribution in [0.2, 0.25) is 0 Å². The van der Waals surface area contributed by atoms with E-state index in [1.54, 1.807) is 0 Å². The Bertz CT molecular complexity index is 433. The molecule has 0 aliphatic heterocycles. The molecular weight excluding hydrogens is 244 g/mol. The summed E-state index contributed by atoms with van der Waals surface area (Å²) in [5.74, 6) is 3.46. The molecule has 0 saturated heterocycles. The summed E-state index contributed by atoms with van der Waals surface area (Å²) in [5.41, 5.74) is 2.47. The van der Waals surface area contributed by atoms with E-state index < -0.39 is 0 Å². The van der Waals surface area contributed by atoms with E-state index in [1.165, 1.54) is 30.4 Å². The van der Waals surface area contributed by atoms with Crippen molar-refractivity contribution < 1.29 is 4.74 Å². The van der Waals surface area contributed by atoms with E-state index in [9.17, 15) is 0 Å². The van der Waals surface area contributed by atoms with Crippen molar-refractivity contribution in [3.05, 3.63) is 29.3 Å². The van der Waals surface area contributed by atoms with Crippen LogP contribution >= 0.6 is 11.6 Å². The van der Waals surface area contributed by atoms with Crippen molar-refractivity contribution in [3.8, 4) is 5.75 Å². The molecule has 2 aliphatic rings. The SMILES string of the molecule is CCOc1ccc(C)cc1C(Cl)C1C2CCCC21. The standard InChI is InChI=1S/C16H21ClO/c1-3-18-14-8-7-10(2)9-13(14)16(17)15-11-5-4-6-12(11)15/h7-9,11-12,15-16H,3-6H2,1-2H3. The molecular formula is C16H21ClO. The summed E-state index contributed by atoms with van der Waals surface area (Å²) < 4.78 is 5.73. The molecule has 2 saturated carbocycles. The van der Waals surface area contributed by atoms with Gasteiger partial charge in [0.05, 0.1) is 12.0 Å². The Morgan fingerprint density at radius 1 is 1.33 bits per heavy atom. The Morgan fingerprint density at radius 3 is 2.72 bits per heavy atom. The average Bonchev–Trinajstić information content (AvgIpc) is 2.84. The summed E-state index contributed by atoms with van der Waals surface area (Å²) >= 11 is 6.74. The minimum Gasteiger partial charge on any atom is -0.494 e. The molecule has 18 heavy (non-hydrogen) atoms. The van der Waals surface area contributed by atoms with Crippen LogP contribution in [0.5, 0.6) is 5.75 Å². The fraction of sp³-hybridized carbons (Fsp3) is 0.625. The lowest BCUT2D eigenvalue weighted by atomic mass is 10.00. The van der Waals surface area contributed by atoms with Gasteiger partial charge in [0.2, 0.25) is 0 Å². The van der Waals surface area contributed by atoms with Crippen LogP contribution in [0.4, 0.5) is 0 Å². The summed E-state index contributed by atoms with van der Waals surface area (Å²) in [7, 11) is 0. The molecule has 0 heterocycles. The largest absolute Gasteiger partial charge is 0.494 e. The summed E-state index contributed by atoms with van der Waals surface area (Å²) in [5, 5.41) is 0.141. The predicted octanol–water partition coefficient (Wildman–Crippen LogP) is 4.72. The molecule has 3 rings (SSSR count). The van der Waals surface area contributed by atoms with Gasteiger partial charge in [-0.25, -0.2) is 0 Å². The van der Waals surface area contributed by atoms with Crippen molar-refractivity contribution in [1.29, 1.82) is 0 Å². The van der Waals surface area contributed by atoms with Crippen LogP contribution in [0.3, 0.4) is 0 Å². The third kappa shape index (κ3) is 2.03. The van der Waals surface area contributed by atoms with Crippen molar-refractivity contribution in [2.45, 2.75) is 38.5 Å². The highest BCUT2D eigenvalue weighted by Gasteiger charge is 2.56. The van der Waals surface area contributed by atoms with Crippen LogP contribution in [0.25, 0.3) is 0 Å². The number of aryl methyl sites for hydroxylation is 1. The number of alkyl halides is 1. The molecule has 0 radical (unpaired) electrons. The Balaban J connectivity index is 1.84. The van der Waals surface area contributed by atoms with Gasteiger partial charge in [0.15, 0.2) is 0 Å². The highest BCUT2D eigenvalue weighted by molar-refractivity contribution is 6.21. The summed E-state index contributed by atoms with van der Waals surface area (Å²) in [6.45, 7) is 4.85. The lowest BCUT2D eigenvalue weighted by Gasteiger charge is -2.17. The van der Waals surface area contributed by atoms with Crippen LogP contribution in [0, 0.1) is 24.7 Å². The summed E-state index contributed by atoms with van der Waals surface area (Å²) in [6, 6.07) is 6.38. The van der Waals surface area contributed by atoms with Gasteiger partial charge in [0.25, 0.3) is 0 Å². The predicted molar refractivity (Wildman–Crippen MR) is 75.3 cm³/mol. The summed E-state index contributed by atoms with van der Waals surface area (Å²) in [6.07, 6.45) is 4.17. The van der Waals surface area contributed by atoms with Crippen molar-refractivity contribution in [3.63, 3.8) is 0 Å². The number of halogens is 1. The molecule has 2 heteroatoms. The molecule has 2 fully saturated rings. The van der Waals surface area contributed by atoms with E-state index >= 15 is 0 Å². The molecule has 1 aromatic carbocycles. The molecule has 0 amide bonds. The second-order valence-corrected chi connectivity index (χ2v) is 6.18. The first-order chi connectivity index (χ1) is 8.72. The number of ether oxygens (including phenoxy) is 1. The van der Waals surface area contributed by atoms with E-state index in [0.29, 0.717) is 12.5 Å². The first-order valence-electron chi connectivity index (χ1n) is 7.09. The fourth-order valence-corrected chi connectivity index (χ4v) is 4.23. The molecule has 0 aromatic heterocycles. The van der Waals surface area contributed by atoms with Crippen LogP contribution in [-0.4, -0.2) is 6.61 Å². The van der Waals surface area contributed by atoms with Crippen LogP contribution in [0.15, 0.2) is 18.2 Å². The topological polar surface area (TPSA) is 9.23 Å². The van der Waals surface area contributed by atoms with Crippen LogP contribution in [0.1, 0.15) is 42.7 Å². The molecule has 2 aliphatic carbocycles. The quantitative estimate of drug-likeness (QED) is 0.715. The summed E-state index contributed by atoms with van der Waals surface area (Å²) in [4.78, 5) is 0. The Kier molecular flexibility index (Phi) is 3.27. The highest BCUT2D eigenvalue weighted by atomic mass is 35.5. The van der Waals surface area contributed by atoms with E-state index in [2.05, 4.69) is 25.1 Å². The van der Waals surface area contributed by atoms with E-state index in [1.807, 2.05) is 6.92 Å². The van der Waals surface area contributed by atoms with Gasteiger partial charge in [-0.05, 0) is 50.5 Å². The molecule has 98 valence electrons. The lowest BCUT2D eigenvalue weighted by molar-refractivity contribution is 0.334. The second-order valence-electron chi connectivity index (χ2n) is 5.71. The lowest BCUT2D eigenvalue weighted by Crippen LogP contribution is -2.03. The Morgan fingerprint density at radius 2 is 2.06 bits per heavy atom. The molecule has 1 aromatic rings. The van der Waals surface area contributed by atoms with Gasteiger partial charge in [-0.3, -0.25) is 0 Å². The second kappa shape index (κ2) is 4.77. The number of hydrogen-bond acceptors (Lipinski definition) is 1. The zero-order chi connectivity index (χ0) is 12.7. The van der Waals surface area contributed by atoms with Crippen molar-refractivity contribution >= 4 is 11.6 Å². The zero-order valence-electron chi connectivity index (χ0n) is 11.2. The van der Waals surface area contributed by atoms with E-state index in [0.717, 1.165) is 17.6 Å². The van der Waals surface area contributed by atoms with Gasteiger partial charge in [0.1, 0.15) is 5.75 Å². The molecule has 0 bridgehead atoms. The van der Waals surface area contributed by atoms with Gasteiger partial charge in [-0.2, -0.15) is 0 Å². The van der Waals surface area contributed by atoms with Crippen molar-refractivity contribution in [1.82, 2.24) is 0 Å². The third-order valence-corrected chi connectivity index (χ3v) is 5.10. The van der Waals surface area contributed by atoms with E-state index in [4.69, 9.17) is 16.3 Å². The maximum Gasteiger partial charge on any atom is 0.123 e. The van der Waals surface area contributed by atoms with Crippen LogP contribution < -0.4 is 4.74 Å². The number of rotatable bonds is 4. The molecule has 0 spiro atoms. The Labute approximate surface area is 114 Å². The first kappa shape index (κ1) is 12.3. The molecule has 1 nitrogen and oxygen atoms in total. The van der Waals surface area contributed by atoms with Gasteiger partial charge >= 0.3 is 0 Å². The minimum absolute atomic E-state index is 0.141. The average molecular weight is 265 g/mol. The van der Waals surface area contributed by atoms with Crippen LogP contribution in [-0.2, 0) is 0 Å². The molecule has 0 N–H and O–H groups in total. The van der Waals surface area contributed by atoms with Gasteiger partial charge in [0, 0.05) is 5.56 Å². The van der Waals surface area contributed by atoms with Gasteiger partial charge in [-0.1, -0.05) is 24.1 Å². The molecule has 3 atom stereocenters. The van der Waals surface area contributed by atoms with Crippen molar-refractivity contribution in [2.75, 3.05) is 6.61 Å². The highest BCUT2D eigenvalue weighted by Crippen LogP contribution is 2.64. The minimum atomic E-state index is 0.141.